The van der Waals surface area contributed by atoms with Crippen molar-refractivity contribution in [1.82, 2.24) is 5.32 Å². The van der Waals surface area contributed by atoms with Crippen molar-refractivity contribution in [2.75, 3.05) is 5.73 Å². The third kappa shape index (κ3) is 3.20. The van der Waals surface area contributed by atoms with Crippen molar-refractivity contribution >= 4 is 27.5 Å². The summed E-state index contributed by atoms with van der Waals surface area (Å²) in [6.45, 7) is 3.84. The lowest BCUT2D eigenvalue weighted by molar-refractivity contribution is 0.0940. The number of nitrogens with two attached hydrogens (primary N) is 1. The summed E-state index contributed by atoms with van der Waals surface area (Å²) in [5, 5.41) is 2.98. The van der Waals surface area contributed by atoms with Gasteiger partial charge < -0.3 is 11.1 Å². The summed E-state index contributed by atoms with van der Waals surface area (Å²) < 4.78 is 1.02. The molecule has 0 bridgehead atoms. The number of anilines is 1. The predicted molar refractivity (Wildman–Crippen MR) is 85.6 cm³/mol. The standard InChI is InChI=1S/C16H17BrN2O/c1-10-4-3-5-14(18)15(10)16(20)19-11(2)12-6-8-13(17)9-7-12/h3-9,11H,18H2,1-2H3,(H,19,20)/t11-/m0/s1. The third-order valence-electron chi connectivity index (χ3n) is 3.25. The molecule has 0 aliphatic carbocycles. The van der Waals surface area contributed by atoms with Crippen LogP contribution < -0.4 is 11.1 Å². The maximum absolute atomic E-state index is 12.3. The Morgan fingerprint density at radius 1 is 1.20 bits per heavy atom. The molecular weight excluding hydrogens is 316 g/mol. The molecule has 0 fully saturated rings. The first-order chi connectivity index (χ1) is 9.49. The topological polar surface area (TPSA) is 55.1 Å². The molecule has 0 aromatic heterocycles. The van der Waals surface area contributed by atoms with E-state index < -0.39 is 0 Å². The molecule has 0 aliphatic heterocycles. The number of benzene rings is 2. The zero-order valence-electron chi connectivity index (χ0n) is 11.5. The van der Waals surface area contributed by atoms with E-state index in [0.717, 1.165) is 15.6 Å². The Balaban J connectivity index is 2.17. The largest absolute Gasteiger partial charge is 0.398 e. The van der Waals surface area contributed by atoms with Crippen LogP contribution in [0.4, 0.5) is 5.69 Å². The van der Waals surface area contributed by atoms with E-state index >= 15 is 0 Å². The lowest BCUT2D eigenvalue weighted by Crippen LogP contribution is -2.28. The first-order valence-electron chi connectivity index (χ1n) is 6.40. The van der Waals surface area contributed by atoms with Crippen molar-refractivity contribution in [3.8, 4) is 0 Å². The van der Waals surface area contributed by atoms with Crippen molar-refractivity contribution < 1.29 is 4.79 Å². The Kier molecular flexibility index (Phi) is 4.45. The number of hydrogen-bond acceptors (Lipinski definition) is 2. The minimum Gasteiger partial charge on any atom is -0.398 e. The van der Waals surface area contributed by atoms with Crippen LogP contribution in [0.1, 0.15) is 34.5 Å². The fourth-order valence-corrected chi connectivity index (χ4v) is 2.37. The number of rotatable bonds is 3. The second-order valence-corrected chi connectivity index (χ2v) is 5.70. The quantitative estimate of drug-likeness (QED) is 0.839. The fraction of sp³-hybridized carbons (Fsp3) is 0.188. The van der Waals surface area contributed by atoms with Crippen molar-refractivity contribution in [2.24, 2.45) is 0 Å². The maximum atomic E-state index is 12.3. The molecule has 1 atom stereocenters. The normalized spacial score (nSPS) is 11.9. The lowest BCUT2D eigenvalue weighted by Gasteiger charge is -2.16. The number of aryl methyl sites for hydroxylation is 1. The molecule has 2 aromatic carbocycles. The van der Waals surface area contributed by atoms with Crippen LogP contribution in [0.2, 0.25) is 0 Å². The van der Waals surface area contributed by atoms with Crippen molar-refractivity contribution in [2.45, 2.75) is 19.9 Å². The average Bonchev–Trinajstić information content (AvgIpc) is 2.39. The van der Waals surface area contributed by atoms with E-state index in [1.807, 2.05) is 50.2 Å². The van der Waals surface area contributed by atoms with Crippen LogP contribution in [0.5, 0.6) is 0 Å². The van der Waals surface area contributed by atoms with Gasteiger partial charge in [0.1, 0.15) is 0 Å². The van der Waals surface area contributed by atoms with E-state index in [9.17, 15) is 4.79 Å². The Morgan fingerprint density at radius 3 is 2.45 bits per heavy atom. The molecule has 2 rings (SSSR count). The Morgan fingerprint density at radius 2 is 1.85 bits per heavy atom. The number of carbonyl (C=O) groups is 1. The first kappa shape index (κ1) is 14.6. The molecule has 0 heterocycles. The lowest BCUT2D eigenvalue weighted by atomic mass is 10.0. The summed E-state index contributed by atoms with van der Waals surface area (Å²) in [7, 11) is 0. The summed E-state index contributed by atoms with van der Waals surface area (Å²) in [6, 6.07) is 13.3. The van der Waals surface area contributed by atoms with Crippen LogP contribution in [-0.2, 0) is 0 Å². The van der Waals surface area contributed by atoms with Gasteiger partial charge in [0.25, 0.3) is 5.91 Å². The van der Waals surface area contributed by atoms with Crippen molar-refractivity contribution in [3.63, 3.8) is 0 Å². The van der Waals surface area contributed by atoms with Crippen LogP contribution in [0.25, 0.3) is 0 Å². The minimum absolute atomic E-state index is 0.0744. The molecule has 2 aromatic rings. The summed E-state index contributed by atoms with van der Waals surface area (Å²) in [6.07, 6.45) is 0. The van der Waals surface area contributed by atoms with Gasteiger partial charge in [-0.05, 0) is 43.2 Å². The van der Waals surface area contributed by atoms with E-state index in [1.165, 1.54) is 0 Å². The predicted octanol–water partition coefficient (Wildman–Crippen LogP) is 3.83. The SMILES string of the molecule is Cc1cccc(N)c1C(=O)N[C@@H](C)c1ccc(Br)cc1. The fourth-order valence-electron chi connectivity index (χ4n) is 2.10. The number of halogens is 1. The monoisotopic (exact) mass is 332 g/mol. The smallest absolute Gasteiger partial charge is 0.254 e. The van der Waals surface area contributed by atoms with Crippen LogP contribution in [-0.4, -0.2) is 5.91 Å². The van der Waals surface area contributed by atoms with Gasteiger partial charge in [-0.3, -0.25) is 4.79 Å². The molecule has 1 amide bonds. The van der Waals surface area contributed by atoms with Gasteiger partial charge in [0, 0.05) is 10.2 Å². The van der Waals surface area contributed by atoms with E-state index in [2.05, 4.69) is 21.2 Å². The number of hydrogen-bond donors (Lipinski definition) is 2. The first-order valence-corrected chi connectivity index (χ1v) is 7.19. The van der Waals surface area contributed by atoms with Gasteiger partial charge >= 0.3 is 0 Å². The zero-order chi connectivity index (χ0) is 14.7. The number of carbonyl (C=O) groups excluding carboxylic acids is 1. The molecule has 4 heteroatoms. The minimum atomic E-state index is -0.143. The highest BCUT2D eigenvalue weighted by Crippen LogP contribution is 2.20. The maximum Gasteiger partial charge on any atom is 0.254 e. The average molecular weight is 333 g/mol. The third-order valence-corrected chi connectivity index (χ3v) is 3.78. The Bertz CT molecular complexity index is 603. The molecule has 0 saturated carbocycles. The van der Waals surface area contributed by atoms with Crippen LogP contribution in [0.3, 0.4) is 0 Å². The Hall–Kier alpha value is -1.81. The Labute approximate surface area is 127 Å². The summed E-state index contributed by atoms with van der Waals surface area (Å²) >= 11 is 3.40. The van der Waals surface area contributed by atoms with E-state index in [4.69, 9.17) is 5.73 Å². The highest BCUT2D eigenvalue weighted by atomic mass is 79.9. The van der Waals surface area contributed by atoms with Gasteiger partial charge in [-0.1, -0.05) is 40.2 Å². The molecule has 0 spiro atoms. The van der Waals surface area contributed by atoms with Gasteiger partial charge in [0.2, 0.25) is 0 Å². The molecule has 0 aliphatic rings. The van der Waals surface area contributed by atoms with E-state index in [0.29, 0.717) is 11.3 Å². The molecule has 104 valence electrons. The van der Waals surface area contributed by atoms with E-state index in [1.54, 1.807) is 6.07 Å². The zero-order valence-corrected chi connectivity index (χ0v) is 13.1. The number of nitrogen functional groups attached to an aromatic ring is 1. The molecule has 3 N–H and O–H groups in total. The summed E-state index contributed by atoms with van der Waals surface area (Å²) in [4.78, 5) is 12.3. The number of nitrogens with one attached hydrogen (secondary N) is 1. The molecule has 0 radical (unpaired) electrons. The molecule has 3 nitrogen and oxygen atoms in total. The van der Waals surface area contributed by atoms with Crippen molar-refractivity contribution in [1.29, 1.82) is 0 Å². The van der Waals surface area contributed by atoms with Gasteiger partial charge in [0.15, 0.2) is 0 Å². The molecule has 0 unspecified atom stereocenters. The molecule has 0 saturated heterocycles. The van der Waals surface area contributed by atoms with Gasteiger partial charge in [-0.25, -0.2) is 0 Å². The highest BCUT2D eigenvalue weighted by molar-refractivity contribution is 9.10. The van der Waals surface area contributed by atoms with Crippen LogP contribution in [0.15, 0.2) is 46.9 Å². The van der Waals surface area contributed by atoms with Crippen LogP contribution >= 0.6 is 15.9 Å². The molecule has 20 heavy (non-hydrogen) atoms. The number of amides is 1. The second kappa shape index (κ2) is 6.09. The highest BCUT2D eigenvalue weighted by Gasteiger charge is 2.15. The second-order valence-electron chi connectivity index (χ2n) is 4.79. The van der Waals surface area contributed by atoms with Gasteiger partial charge in [-0.2, -0.15) is 0 Å². The van der Waals surface area contributed by atoms with E-state index in [-0.39, 0.29) is 11.9 Å². The summed E-state index contributed by atoms with van der Waals surface area (Å²) in [5.74, 6) is -0.143. The van der Waals surface area contributed by atoms with Crippen molar-refractivity contribution in [3.05, 3.63) is 63.6 Å². The van der Waals surface area contributed by atoms with Gasteiger partial charge in [0.05, 0.1) is 11.6 Å². The van der Waals surface area contributed by atoms with Crippen LogP contribution in [0, 0.1) is 6.92 Å². The molecular formula is C16H17BrN2O. The summed E-state index contributed by atoms with van der Waals surface area (Å²) in [5.41, 5.74) is 8.88. The van der Waals surface area contributed by atoms with Gasteiger partial charge in [-0.15, -0.1) is 0 Å².